The lowest BCUT2D eigenvalue weighted by Crippen LogP contribution is -2.44. The first kappa shape index (κ1) is 12.2. The van der Waals surface area contributed by atoms with Crippen molar-refractivity contribution < 1.29 is 10.2 Å². The maximum Gasteiger partial charge on any atom is 0.0914 e. The van der Waals surface area contributed by atoms with E-state index in [2.05, 4.69) is 5.32 Å². The molecule has 0 aliphatic carbocycles. The van der Waals surface area contributed by atoms with Crippen LogP contribution in [0.15, 0.2) is 30.3 Å². The first-order chi connectivity index (χ1) is 7.05. The van der Waals surface area contributed by atoms with Crippen molar-refractivity contribution >= 4 is 0 Å². The zero-order chi connectivity index (χ0) is 11.3. The molecule has 0 aromatic heterocycles. The van der Waals surface area contributed by atoms with Crippen LogP contribution in [0.3, 0.4) is 0 Å². The van der Waals surface area contributed by atoms with Gasteiger partial charge >= 0.3 is 0 Å². The Bertz CT molecular complexity index is 285. The van der Waals surface area contributed by atoms with Crippen molar-refractivity contribution in [1.82, 2.24) is 5.32 Å². The number of nitrogens with one attached hydrogen (secondary N) is 1. The molecule has 0 amide bonds. The number of aliphatic hydroxyl groups excluding tert-OH is 2. The number of benzene rings is 1. The molecule has 3 nitrogen and oxygen atoms in total. The van der Waals surface area contributed by atoms with Gasteiger partial charge in [0.15, 0.2) is 0 Å². The molecule has 0 aliphatic heterocycles. The molecule has 1 aromatic carbocycles. The van der Waals surface area contributed by atoms with E-state index in [1.165, 1.54) is 0 Å². The van der Waals surface area contributed by atoms with E-state index in [4.69, 9.17) is 5.11 Å². The van der Waals surface area contributed by atoms with Gasteiger partial charge in [-0.3, -0.25) is 0 Å². The second-order valence-corrected chi connectivity index (χ2v) is 4.35. The highest BCUT2D eigenvalue weighted by Gasteiger charge is 2.17. The minimum absolute atomic E-state index is 0.0501. The first-order valence-corrected chi connectivity index (χ1v) is 5.14. The minimum Gasteiger partial charge on any atom is -0.394 e. The smallest absolute Gasteiger partial charge is 0.0914 e. The molecule has 0 radical (unpaired) electrons. The Balaban J connectivity index is 2.47. The van der Waals surface area contributed by atoms with E-state index in [-0.39, 0.29) is 12.1 Å². The maximum atomic E-state index is 9.84. The van der Waals surface area contributed by atoms with Gasteiger partial charge in [0.1, 0.15) is 0 Å². The molecule has 0 bridgehead atoms. The largest absolute Gasteiger partial charge is 0.394 e. The fraction of sp³-hybridized carbons (Fsp3) is 0.500. The molecule has 3 heteroatoms. The Morgan fingerprint density at radius 2 is 1.87 bits per heavy atom. The van der Waals surface area contributed by atoms with Gasteiger partial charge in [0.2, 0.25) is 0 Å². The van der Waals surface area contributed by atoms with Crippen LogP contribution in [0.5, 0.6) is 0 Å². The molecule has 0 heterocycles. The normalized spacial score (nSPS) is 13.9. The van der Waals surface area contributed by atoms with Crippen LogP contribution in [0, 0.1) is 0 Å². The Kier molecular flexibility index (Phi) is 4.27. The van der Waals surface area contributed by atoms with Gasteiger partial charge < -0.3 is 15.5 Å². The number of hydrogen-bond donors (Lipinski definition) is 3. The van der Waals surface area contributed by atoms with E-state index >= 15 is 0 Å². The zero-order valence-electron chi connectivity index (χ0n) is 9.27. The summed E-state index contributed by atoms with van der Waals surface area (Å²) < 4.78 is 0. The third-order valence-electron chi connectivity index (χ3n) is 2.35. The molecule has 15 heavy (non-hydrogen) atoms. The third kappa shape index (κ3) is 4.00. The molecule has 0 saturated carbocycles. The number of β-amino-alcohol motifs (C(OH)–C–C–N with tert-alkyl or cyclic N) is 1. The fourth-order valence-corrected chi connectivity index (χ4v) is 1.22. The molecule has 84 valence electrons. The monoisotopic (exact) mass is 209 g/mol. The Hall–Kier alpha value is -0.900. The Labute approximate surface area is 90.8 Å². The molecule has 1 aromatic rings. The van der Waals surface area contributed by atoms with Crippen molar-refractivity contribution in [1.29, 1.82) is 0 Å². The summed E-state index contributed by atoms with van der Waals surface area (Å²) >= 11 is 0. The van der Waals surface area contributed by atoms with Crippen LogP contribution in [0.1, 0.15) is 25.5 Å². The lowest BCUT2D eigenvalue weighted by Gasteiger charge is -2.25. The molecule has 0 spiro atoms. The van der Waals surface area contributed by atoms with Crippen LogP contribution in [-0.2, 0) is 0 Å². The van der Waals surface area contributed by atoms with Crippen molar-refractivity contribution in [3.05, 3.63) is 35.9 Å². The second kappa shape index (κ2) is 5.26. The van der Waals surface area contributed by atoms with E-state index in [1.54, 1.807) is 0 Å². The summed E-state index contributed by atoms with van der Waals surface area (Å²) in [5, 5.41) is 22.0. The van der Waals surface area contributed by atoms with Gasteiger partial charge in [0, 0.05) is 12.1 Å². The summed E-state index contributed by atoms with van der Waals surface area (Å²) in [5.74, 6) is 0. The second-order valence-electron chi connectivity index (χ2n) is 4.35. The van der Waals surface area contributed by atoms with Gasteiger partial charge in [-0.15, -0.1) is 0 Å². The number of aliphatic hydroxyl groups is 2. The van der Waals surface area contributed by atoms with Gasteiger partial charge in [-0.1, -0.05) is 30.3 Å². The molecule has 0 saturated heterocycles. The lowest BCUT2D eigenvalue weighted by molar-refractivity contribution is 0.136. The van der Waals surface area contributed by atoms with E-state index < -0.39 is 6.10 Å². The first-order valence-electron chi connectivity index (χ1n) is 5.14. The summed E-state index contributed by atoms with van der Waals surface area (Å²) in [6, 6.07) is 9.49. The van der Waals surface area contributed by atoms with E-state index in [0.29, 0.717) is 6.54 Å². The fourth-order valence-electron chi connectivity index (χ4n) is 1.22. The van der Waals surface area contributed by atoms with Crippen molar-refractivity contribution in [2.45, 2.75) is 25.5 Å². The average Bonchev–Trinajstić information content (AvgIpc) is 2.27. The van der Waals surface area contributed by atoms with Crippen LogP contribution in [-0.4, -0.2) is 28.9 Å². The minimum atomic E-state index is -0.531. The predicted molar refractivity (Wildman–Crippen MR) is 60.6 cm³/mol. The van der Waals surface area contributed by atoms with Crippen molar-refractivity contribution in [2.75, 3.05) is 13.2 Å². The molecule has 0 fully saturated rings. The molecule has 0 aliphatic rings. The molecule has 1 unspecified atom stereocenters. The van der Waals surface area contributed by atoms with Gasteiger partial charge in [-0.2, -0.15) is 0 Å². The van der Waals surface area contributed by atoms with Gasteiger partial charge in [-0.05, 0) is 19.4 Å². The summed E-state index contributed by atoms with van der Waals surface area (Å²) in [5.41, 5.74) is 0.536. The highest BCUT2D eigenvalue weighted by atomic mass is 16.3. The van der Waals surface area contributed by atoms with E-state index in [9.17, 15) is 5.11 Å². The summed E-state index contributed by atoms with van der Waals surface area (Å²) in [4.78, 5) is 0. The quantitative estimate of drug-likeness (QED) is 0.680. The van der Waals surface area contributed by atoms with Gasteiger partial charge in [-0.25, -0.2) is 0 Å². The standard InChI is InChI=1S/C12H19NO2/c1-12(2,9-14)13-8-11(15)10-6-4-3-5-7-10/h3-7,11,13-15H,8-9H2,1-2H3. The highest BCUT2D eigenvalue weighted by Crippen LogP contribution is 2.12. The molecule has 1 rings (SSSR count). The molecular weight excluding hydrogens is 190 g/mol. The highest BCUT2D eigenvalue weighted by molar-refractivity contribution is 5.17. The SMILES string of the molecule is CC(C)(CO)NCC(O)c1ccccc1. The van der Waals surface area contributed by atoms with Crippen LogP contribution in [0.2, 0.25) is 0 Å². The summed E-state index contributed by atoms with van der Waals surface area (Å²) in [7, 11) is 0. The van der Waals surface area contributed by atoms with Crippen molar-refractivity contribution in [3.63, 3.8) is 0 Å². The number of rotatable bonds is 5. The Morgan fingerprint density at radius 1 is 1.27 bits per heavy atom. The third-order valence-corrected chi connectivity index (χ3v) is 2.35. The maximum absolute atomic E-state index is 9.84. The van der Waals surface area contributed by atoms with Crippen LogP contribution < -0.4 is 5.32 Å². The van der Waals surface area contributed by atoms with Crippen molar-refractivity contribution in [2.24, 2.45) is 0 Å². The topological polar surface area (TPSA) is 52.5 Å². The predicted octanol–water partition coefficient (Wildman–Crippen LogP) is 1.08. The number of hydrogen-bond acceptors (Lipinski definition) is 3. The van der Waals surface area contributed by atoms with E-state index in [1.807, 2.05) is 44.2 Å². The summed E-state index contributed by atoms with van der Waals surface area (Å²) in [6.07, 6.45) is -0.531. The van der Waals surface area contributed by atoms with Gasteiger partial charge in [0.25, 0.3) is 0 Å². The van der Waals surface area contributed by atoms with Gasteiger partial charge in [0.05, 0.1) is 12.7 Å². The molecule has 1 atom stereocenters. The van der Waals surface area contributed by atoms with Crippen LogP contribution >= 0.6 is 0 Å². The molecule has 3 N–H and O–H groups in total. The van der Waals surface area contributed by atoms with Crippen molar-refractivity contribution in [3.8, 4) is 0 Å². The van der Waals surface area contributed by atoms with Crippen LogP contribution in [0.4, 0.5) is 0 Å². The lowest BCUT2D eigenvalue weighted by atomic mass is 10.1. The zero-order valence-corrected chi connectivity index (χ0v) is 9.27. The van der Waals surface area contributed by atoms with E-state index in [0.717, 1.165) is 5.56 Å². The average molecular weight is 209 g/mol. The Morgan fingerprint density at radius 3 is 2.40 bits per heavy atom. The van der Waals surface area contributed by atoms with Crippen LogP contribution in [0.25, 0.3) is 0 Å². The summed E-state index contributed by atoms with van der Waals surface area (Å²) in [6.45, 7) is 4.28. The molecular formula is C12H19NO2.